The van der Waals surface area contributed by atoms with Crippen LogP contribution in [0.15, 0.2) is 101 Å². The zero-order valence-electron chi connectivity index (χ0n) is 23.3. The normalized spacial score (nSPS) is 10.8. The van der Waals surface area contributed by atoms with Crippen LogP contribution in [-0.4, -0.2) is 37.0 Å². The molecule has 1 heterocycles. The van der Waals surface area contributed by atoms with Crippen molar-refractivity contribution in [3.63, 3.8) is 0 Å². The molecule has 1 aromatic heterocycles. The molecule has 5 rings (SSSR count). The van der Waals surface area contributed by atoms with E-state index in [1.165, 1.54) is 48.9 Å². The van der Waals surface area contributed by atoms with Gasteiger partial charge in [-0.05, 0) is 66.2 Å². The van der Waals surface area contributed by atoms with Gasteiger partial charge in [0.1, 0.15) is 4.88 Å². The lowest BCUT2D eigenvalue weighted by molar-refractivity contribution is -0.136. The fourth-order valence-electron chi connectivity index (χ4n) is 4.06. The Kier molecular flexibility index (Phi) is 9.88. The van der Waals surface area contributed by atoms with Crippen molar-refractivity contribution in [3.05, 3.63) is 116 Å². The van der Waals surface area contributed by atoms with Gasteiger partial charge in [-0.2, -0.15) is 5.10 Å². The van der Waals surface area contributed by atoms with Crippen molar-refractivity contribution in [1.82, 2.24) is 5.43 Å². The number of esters is 1. The Morgan fingerprint density at radius 2 is 1.60 bits per heavy atom. The van der Waals surface area contributed by atoms with E-state index < -0.39 is 23.7 Å². The van der Waals surface area contributed by atoms with Gasteiger partial charge >= 0.3 is 17.8 Å². The average Bonchev–Trinajstić information content (AvgIpc) is 3.39. The van der Waals surface area contributed by atoms with Crippen molar-refractivity contribution in [2.24, 2.45) is 5.10 Å². The van der Waals surface area contributed by atoms with Gasteiger partial charge < -0.3 is 20.1 Å². The third kappa shape index (κ3) is 7.55. The minimum absolute atomic E-state index is 0.142. The number of para-hydroxylation sites is 1. The smallest absolute Gasteiger partial charge is 0.355 e. The molecule has 0 atom stereocenters. The first-order valence-corrected chi connectivity index (χ1v) is 15.1. The van der Waals surface area contributed by atoms with Gasteiger partial charge in [0.25, 0.3) is 5.91 Å². The van der Waals surface area contributed by atoms with Gasteiger partial charge in [0.15, 0.2) is 11.5 Å². The SMILES string of the molecule is COc1cc(/C=N\NC(=O)C(=O)Nc2ccccc2C(=O)Nc2ccc(Br)cc2)ccc1OC(=O)c1sc2ccccc2c1Cl. The van der Waals surface area contributed by atoms with Crippen LogP contribution in [0.5, 0.6) is 11.5 Å². The maximum atomic E-state index is 12.9. The molecule has 226 valence electrons. The van der Waals surface area contributed by atoms with Gasteiger partial charge in [0.05, 0.1) is 29.6 Å². The summed E-state index contributed by atoms with van der Waals surface area (Å²) in [6.45, 7) is 0. The number of thiophene rings is 1. The fourth-order valence-corrected chi connectivity index (χ4v) is 5.71. The number of fused-ring (bicyclic) bond motifs is 1. The minimum Gasteiger partial charge on any atom is -0.493 e. The second kappa shape index (κ2) is 14.2. The lowest BCUT2D eigenvalue weighted by Crippen LogP contribution is -2.33. The van der Waals surface area contributed by atoms with Gasteiger partial charge in [0, 0.05) is 20.2 Å². The van der Waals surface area contributed by atoms with E-state index in [9.17, 15) is 19.2 Å². The monoisotopic (exact) mass is 704 g/mol. The first-order valence-electron chi connectivity index (χ1n) is 13.1. The largest absolute Gasteiger partial charge is 0.493 e. The van der Waals surface area contributed by atoms with E-state index in [0.29, 0.717) is 16.3 Å². The molecule has 10 nitrogen and oxygen atoms in total. The highest BCUT2D eigenvalue weighted by atomic mass is 79.9. The summed E-state index contributed by atoms with van der Waals surface area (Å²) in [5, 5.41) is 10.1. The van der Waals surface area contributed by atoms with E-state index >= 15 is 0 Å². The summed E-state index contributed by atoms with van der Waals surface area (Å²) in [4.78, 5) is 50.9. The highest BCUT2D eigenvalue weighted by Crippen LogP contribution is 2.37. The van der Waals surface area contributed by atoms with E-state index in [4.69, 9.17) is 21.1 Å². The Labute approximate surface area is 274 Å². The van der Waals surface area contributed by atoms with Crippen molar-refractivity contribution in [2.45, 2.75) is 0 Å². The Hall–Kier alpha value is -5.04. The van der Waals surface area contributed by atoms with Crippen LogP contribution >= 0.6 is 38.9 Å². The molecule has 0 aliphatic rings. The molecule has 4 aromatic carbocycles. The number of carbonyl (C=O) groups is 4. The highest BCUT2D eigenvalue weighted by Gasteiger charge is 2.21. The molecule has 0 saturated carbocycles. The summed E-state index contributed by atoms with van der Waals surface area (Å²) in [5.74, 6) is -2.82. The molecule has 0 aliphatic heterocycles. The number of nitrogens with zero attached hydrogens (tertiary/aromatic N) is 1. The lowest BCUT2D eigenvalue weighted by Gasteiger charge is -2.11. The molecule has 0 bridgehead atoms. The molecular weight excluding hydrogens is 684 g/mol. The van der Waals surface area contributed by atoms with E-state index in [2.05, 4.69) is 37.1 Å². The Bertz CT molecular complexity index is 1960. The number of rotatable bonds is 8. The number of anilines is 2. The van der Waals surface area contributed by atoms with Crippen molar-refractivity contribution < 1.29 is 28.7 Å². The summed E-state index contributed by atoms with van der Waals surface area (Å²) in [5.41, 5.74) is 3.47. The van der Waals surface area contributed by atoms with E-state index in [1.807, 2.05) is 24.3 Å². The molecule has 0 spiro atoms. The number of benzene rings is 4. The third-order valence-corrected chi connectivity index (χ3v) is 8.40. The van der Waals surface area contributed by atoms with Crippen LogP contribution < -0.4 is 25.5 Å². The molecule has 5 aromatic rings. The van der Waals surface area contributed by atoms with Gasteiger partial charge in [-0.15, -0.1) is 11.3 Å². The van der Waals surface area contributed by atoms with E-state index in [1.54, 1.807) is 42.5 Å². The standard InChI is InChI=1S/C32H22BrClN4O6S/c1-43-25-16-18(10-15-24(25)44-32(42)28-27(34)22-7-3-5-9-26(22)45-28)17-35-38-31(41)30(40)37-23-8-4-2-6-21(23)29(39)36-20-13-11-19(33)12-14-20/h2-17H,1H3,(H,36,39)(H,37,40)(H,38,41)/b35-17-. The molecule has 0 saturated heterocycles. The summed E-state index contributed by atoms with van der Waals surface area (Å²) >= 11 is 11.0. The van der Waals surface area contributed by atoms with Crippen molar-refractivity contribution in [2.75, 3.05) is 17.7 Å². The number of amides is 3. The summed E-state index contributed by atoms with van der Waals surface area (Å²) in [6, 6.07) is 25.2. The van der Waals surface area contributed by atoms with Gasteiger partial charge in [-0.1, -0.05) is 57.9 Å². The number of hydrogen-bond acceptors (Lipinski definition) is 8. The number of methoxy groups -OCH3 is 1. The predicted octanol–water partition coefficient (Wildman–Crippen LogP) is 6.89. The lowest BCUT2D eigenvalue weighted by atomic mass is 10.1. The van der Waals surface area contributed by atoms with Crippen LogP contribution in [0.25, 0.3) is 10.1 Å². The summed E-state index contributed by atoms with van der Waals surface area (Å²) in [7, 11) is 1.41. The van der Waals surface area contributed by atoms with E-state index in [-0.39, 0.29) is 27.6 Å². The molecule has 3 amide bonds. The zero-order chi connectivity index (χ0) is 31.9. The topological polar surface area (TPSA) is 135 Å². The first-order chi connectivity index (χ1) is 21.7. The van der Waals surface area contributed by atoms with Crippen LogP contribution in [0.4, 0.5) is 11.4 Å². The zero-order valence-corrected chi connectivity index (χ0v) is 26.5. The highest BCUT2D eigenvalue weighted by molar-refractivity contribution is 9.10. The van der Waals surface area contributed by atoms with Crippen molar-refractivity contribution in [3.8, 4) is 11.5 Å². The van der Waals surface area contributed by atoms with Gasteiger partial charge in [-0.25, -0.2) is 10.2 Å². The van der Waals surface area contributed by atoms with Gasteiger partial charge in [-0.3, -0.25) is 14.4 Å². The molecule has 3 N–H and O–H groups in total. The Morgan fingerprint density at radius 1 is 0.867 bits per heavy atom. The van der Waals surface area contributed by atoms with Crippen LogP contribution in [0, 0.1) is 0 Å². The maximum absolute atomic E-state index is 12.9. The fraction of sp³-hybridized carbons (Fsp3) is 0.0312. The number of ether oxygens (including phenoxy) is 2. The Balaban J connectivity index is 1.20. The van der Waals surface area contributed by atoms with E-state index in [0.717, 1.165) is 14.6 Å². The van der Waals surface area contributed by atoms with Crippen LogP contribution in [0.3, 0.4) is 0 Å². The van der Waals surface area contributed by atoms with Crippen LogP contribution in [0.2, 0.25) is 5.02 Å². The van der Waals surface area contributed by atoms with Crippen molar-refractivity contribution >= 4 is 90.2 Å². The number of halogens is 2. The number of nitrogens with one attached hydrogen (secondary N) is 3. The third-order valence-electron chi connectivity index (χ3n) is 6.22. The molecule has 0 radical (unpaired) electrons. The molecule has 0 unspecified atom stereocenters. The average molecular weight is 706 g/mol. The van der Waals surface area contributed by atoms with Crippen LogP contribution in [0.1, 0.15) is 25.6 Å². The second-order valence-corrected chi connectivity index (χ2v) is 11.5. The molecule has 45 heavy (non-hydrogen) atoms. The van der Waals surface area contributed by atoms with Gasteiger partial charge in [0.2, 0.25) is 0 Å². The number of hydrogen-bond donors (Lipinski definition) is 3. The Morgan fingerprint density at radius 3 is 2.36 bits per heavy atom. The minimum atomic E-state index is -1.06. The maximum Gasteiger partial charge on any atom is 0.355 e. The molecule has 13 heteroatoms. The summed E-state index contributed by atoms with van der Waals surface area (Å²) < 4.78 is 12.6. The first kappa shape index (κ1) is 31.4. The molecule has 0 fully saturated rings. The van der Waals surface area contributed by atoms with Crippen LogP contribution in [-0.2, 0) is 9.59 Å². The molecular formula is C32H22BrClN4O6S. The van der Waals surface area contributed by atoms with Crippen molar-refractivity contribution in [1.29, 1.82) is 0 Å². The second-order valence-electron chi connectivity index (χ2n) is 9.20. The molecule has 0 aliphatic carbocycles. The number of hydrazone groups is 1. The quantitative estimate of drug-likeness (QED) is 0.0530. The predicted molar refractivity (Wildman–Crippen MR) is 178 cm³/mol. The number of carbonyl (C=O) groups excluding carboxylic acids is 4. The summed E-state index contributed by atoms with van der Waals surface area (Å²) in [6.07, 6.45) is 1.28.